The summed E-state index contributed by atoms with van der Waals surface area (Å²) in [7, 11) is 0. The summed E-state index contributed by atoms with van der Waals surface area (Å²) in [6.45, 7) is 0.159. The Morgan fingerprint density at radius 3 is 2.42 bits per heavy atom. The summed E-state index contributed by atoms with van der Waals surface area (Å²) in [5, 5.41) is 0.588. The van der Waals surface area contributed by atoms with Gasteiger partial charge in [0.05, 0.1) is 11.8 Å². The summed E-state index contributed by atoms with van der Waals surface area (Å²) in [5.41, 5.74) is 1.54. The Labute approximate surface area is 154 Å². The number of halogens is 3. The van der Waals surface area contributed by atoms with E-state index in [-0.39, 0.29) is 35.1 Å². The second-order valence-electron chi connectivity index (χ2n) is 5.03. The molecule has 0 bridgehead atoms. The molecule has 1 heterocycles. The smallest absolute Gasteiger partial charge is 0.287 e. The van der Waals surface area contributed by atoms with Crippen LogP contribution in [-0.2, 0) is 6.54 Å². The molecule has 0 fully saturated rings. The normalized spacial score (nSPS) is 10.1. The molecule has 0 aliphatic rings. The van der Waals surface area contributed by atoms with Crippen LogP contribution in [0.4, 0.5) is 4.39 Å². The molecule has 2 aromatic carbocycles. The second-order valence-corrected chi connectivity index (χ2v) is 5.46. The summed E-state index contributed by atoms with van der Waals surface area (Å²) in [5.74, 6) is -0.373. The first-order valence-electron chi connectivity index (χ1n) is 7.02. The van der Waals surface area contributed by atoms with Gasteiger partial charge in [-0.3, -0.25) is 4.79 Å². The molecule has 0 N–H and O–H groups in total. The van der Waals surface area contributed by atoms with E-state index >= 15 is 0 Å². The van der Waals surface area contributed by atoms with Crippen LogP contribution < -0.4 is 21.5 Å². The fourth-order valence-electron chi connectivity index (χ4n) is 2.20. The highest BCUT2D eigenvalue weighted by Gasteiger charge is 2.13. The van der Waals surface area contributed by atoms with E-state index in [4.69, 9.17) is 11.6 Å². The van der Waals surface area contributed by atoms with Crippen molar-refractivity contribution in [1.82, 2.24) is 4.98 Å². The lowest BCUT2D eigenvalue weighted by Gasteiger charge is -2.01. The van der Waals surface area contributed by atoms with Crippen LogP contribution in [0, 0.1) is 5.82 Å². The largest absolute Gasteiger partial charge is 1.00 e. The zero-order chi connectivity index (χ0) is 16.2. The highest BCUT2D eigenvalue weighted by Crippen LogP contribution is 2.18. The average Bonchev–Trinajstić information content (AvgIpc) is 2.57. The number of hydrogen-bond acceptors (Lipinski definition) is 2. The highest BCUT2D eigenvalue weighted by molar-refractivity contribution is 6.30. The van der Waals surface area contributed by atoms with Crippen LogP contribution >= 0.6 is 11.6 Å². The molecule has 24 heavy (non-hydrogen) atoms. The maximum Gasteiger partial charge on any atom is 0.287 e. The van der Waals surface area contributed by atoms with Crippen molar-refractivity contribution in [3.8, 4) is 11.3 Å². The summed E-state index contributed by atoms with van der Waals surface area (Å²) < 4.78 is 15.4. The Bertz CT molecular complexity index is 838. The molecular formula is C18H13BrClFN2O. The minimum atomic E-state index is -0.324. The maximum atomic E-state index is 13.7. The molecule has 0 aliphatic heterocycles. The van der Waals surface area contributed by atoms with Gasteiger partial charge in [0, 0.05) is 16.7 Å². The number of benzene rings is 2. The van der Waals surface area contributed by atoms with Crippen molar-refractivity contribution in [2.75, 3.05) is 0 Å². The Balaban J connectivity index is 0.00000208. The van der Waals surface area contributed by atoms with Gasteiger partial charge in [0.2, 0.25) is 5.78 Å². The van der Waals surface area contributed by atoms with Crippen LogP contribution in [0.2, 0.25) is 5.02 Å². The van der Waals surface area contributed by atoms with Crippen LogP contribution in [0.15, 0.2) is 67.1 Å². The van der Waals surface area contributed by atoms with Gasteiger partial charge in [-0.15, -0.1) is 0 Å². The van der Waals surface area contributed by atoms with Gasteiger partial charge >= 0.3 is 0 Å². The van der Waals surface area contributed by atoms with E-state index in [9.17, 15) is 9.18 Å². The van der Waals surface area contributed by atoms with Gasteiger partial charge in [-0.1, -0.05) is 23.7 Å². The monoisotopic (exact) mass is 406 g/mol. The molecular weight excluding hydrogens is 395 g/mol. The van der Waals surface area contributed by atoms with Crippen molar-refractivity contribution in [3.63, 3.8) is 0 Å². The molecule has 3 aromatic rings. The van der Waals surface area contributed by atoms with Crippen molar-refractivity contribution < 1.29 is 30.7 Å². The molecule has 3 rings (SSSR count). The summed E-state index contributed by atoms with van der Waals surface area (Å²) in [6.07, 6.45) is 3.23. The number of nitrogens with zero attached hydrogens (tertiary/aromatic N) is 2. The number of hydrogen-bond donors (Lipinski definition) is 0. The molecule has 0 saturated heterocycles. The standard InChI is InChI=1S/C18H13ClFN2O.BrH/c19-14-7-5-13(6-8-14)18(23)11-22-10-9-17(21-12-22)15-3-1-2-4-16(15)20;/h1-10,12H,11H2;1H/q+1;/p-1. The third-order valence-electron chi connectivity index (χ3n) is 3.41. The number of carbonyl (C=O) groups excluding carboxylic acids is 1. The maximum absolute atomic E-state index is 13.7. The van der Waals surface area contributed by atoms with Crippen LogP contribution in [0.5, 0.6) is 0 Å². The number of carbonyl (C=O) groups is 1. The lowest BCUT2D eigenvalue weighted by atomic mass is 10.1. The van der Waals surface area contributed by atoms with Crippen molar-refractivity contribution in [3.05, 3.63) is 83.5 Å². The third kappa shape index (κ3) is 4.24. The van der Waals surface area contributed by atoms with E-state index in [0.29, 0.717) is 21.8 Å². The van der Waals surface area contributed by atoms with Crippen molar-refractivity contribution in [2.24, 2.45) is 0 Å². The van der Waals surface area contributed by atoms with Gasteiger partial charge in [-0.2, -0.15) is 0 Å². The fourth-order valence-corrected chi connectivity index (χ4v) is 2.32. The summed E-state index contributed by atoms with van der Waals surface area (Å²) in [6, 6.07) is 14.9. The van der Waals surface area contributed by atoms with E-state index in [2.05, 4.69) is 4.98 Å². The quantitative estimate of drug-likeness (QED) is 0.472. The highest BCUT2D eigenvalue weighted by atomic mass is 79.9. The van der Waals surface area contributed by atoms with Crippen LogP contribution in [0.1, 0.15) is 10.4 Å². The number of Topliss-reactive ketones (excluding diaryl/α,β-unsaturated/α-hetero) is 1. The van der Waals surface area contributed by atoms with E-state index in [0.717, 1.165) is 0 Å². The van der Waals surface area contributed by atoms with Crippen LogP contribution in [0.3, 0.4) is 0 Å². The molecule has 0 spiro atoms. The summed E-state index contributed by atoms with van der Waals surface area (Å²) in [4.78, 5) is 16.4. The predicted octanol–water partition coefficient (Wildman–Crippen LogP) is 0.715. The molecule has 0 atom stereocenters. The lowest BCUT2D eigenvalue weighted by Crippen LogP contribution is -3.00. The molecule has 3 nitrogen and oxygen atoms in total. The Kier molecular flexibility index (Phi) is 6.17. The minimum Gasteiger partial charge on any atom is -1.00 e. The van der Waals surface area contributed by atoms with Crippen LogP contribution in [0.25, 0.3) is 11.3 Å². The molecule has 6 heteroatoms. The second kappa shape index (κ2) is 8.13. The predicted molar refractivity (Wildman–Crippen MR) is 85.6 cm³/mol. The van der Waals surface area contributed by atoms with Crippen LogP contribution in [-0.4, -0.2) is 10.8 Å². The van der Waals surface area contributed by atoms with Gasteiger partial charge in [-0.25, -0.2) is 8.96 Å². The first kappa shape index (κ1) is 18.2. The number of aromatic nitrogens is 2. The van der Waals surface area contributed by atoms with Crippen molar-refractivity contribution in [2.45, 2.75) is 6.54 Å². The van der Waals surface area contributed by atoms with Gasteiger partial charge in [0.25, 0.3) is 6.33 Å². The minimum absolute atomic E-state index is 0. The van der Waals surface area contributed by atoms with Crippen molar-refractivity contribution >= 4 is 17.4 Å². The third-order valence-corrected chi connectivity index (χ3v) is 3.66. The molecule has 0 amide bonds. The van der Waals surface area contributed by atoms with Crippen molar-refractivity contribution in [1.29, 1.82) is 0 Å². The van der Waals surface area contributed by atoms with Gasteiger partial charge in [0.15, 0.2) is 12.2 Å². The van der Waals surface area contributed by atoms with E-state index in [1.54, 1.807) is 59.3 Å². The zero-order valence-corrected chi connectivity index (χ0v) is 14.8. The Morgan fingerprint density at radius 2 is 1.79 bits per heavy atom. The molecule has 0 aliphatic carbocycles. The van der Waals surface area contributed by atoms with E-state index in [1.807, 2.05) is 0 Å². The lowest BCUT2D eigenvalue weighted by molar-refractivity contribution is -0.686. The van der Waals surface area contributed by atoms with Gasteiger partial charge in [-0.05, 0) is 41.4 Å². The van der Waals surface area contributed by atoms with E-state index in [1.165, 1.54) is 12.4 Å². The average molecular weight is 408 g/mol. The van der Waals surface area contributed by atoms with Gasteiger partial charge < -0.3 is 17.0 Å². The molecule has 0 radical (unpaired) electrons. The summed E-state index contributed by atoms with van der Waals surface area (Å²) >= 11 is 5.81. The topological polar surface area (TPSA) is 33.8 Å². The molecule has 1 aromatic heterocycles. The molecule has 122 valence electrons. The first-order valence-corrected chi connectivity index (χ1v) is 7.40. The fraction of sp³-hybridized carbons (Fsp3) is 0.0556. The first-order chi connectivity index (χ1) is 11.1. The Morgan fingerprint density at radius 1 is 1.08 bits per heavy atom. The number of rotatable bonds is 4. The molecule has 0 saturated carbocycles. The molecule has 0 unspecified atom stereocenters. The zero-order valence-electron chi connectivity index (χ0n) is 12.5. The number of ketones is 1. The SMILES string of the molecule is O=C(C[n+]1ccc(-c2ccccc2F)nc1)c1ccc(Cl)cc1.[Br-]. The van der Waals surface area contributed by atoms with Gasteiger partial charge in [0.1, 0.15) is 5.82 Å². The Hall–Kier alpha value is -2.11. The van der Waals surface area contributed by atoms with E-state index < -0.39 is 0 Å².